The molecule has 0 rings (SSSR count). The van der Waals surface area contributed by atoms with Crippen molar-refractivity contribution in [2.45, 2.75) is 84.3 Å². The minimum absolute atomic E-state index is 0.00573. The molecule has 3 N–H and O–H groups in total. The number of carboxylic acid groups (broad SMARTS) is 2. The van der Waals surface area contributed by atoms with Crippen LogP contribution in [0.4, 0.5) is 0 Å². The normalized spacial score (nSPS) is 12.1. The lowest BCUT2D eigenvalue weighted by atomic mass is 10.1. The molecule has 0 spiro atoms. The Labute approximate surface area is 168 Å². The first-order valence-corrected chi connectivity index (χ1v) is 10.4. The van der Waals surface area contributed by atoms with E-state index in [1.807, 2.05) is 0 Å². The van der Waals surface area contributed by atoms with Crippen LogP contribution in [0.25, 0.3) is 0 Å². The third-order valence-corrected chi connectivity index (χ3v) is 4.53. The molecule has 0 saturated carbocycles. The molecular formula is C20H38N2O6. The average Bonchev–Trinajstić information content (AvgIpc) is 2.63. The first-order chi connectivity index (χ1) is 13.4. The molecule has 1 unspecified atom stereocenters. The maximum atomic E-state index is 11.9. The molecule has 0 aromatic heterocycles. The van der Waals surface area contributed by atoms with Crippen molar-refractivity contribution in [1.82, 2.24) is 10.2 Å². The van der Waals surface area contributed by atoms with Gasteiger partial charge in [-0.3, -0.25) is 19.3 Å². The Bertz CT molecular complexity index is 444. The smallest absolute Gasteiger partial charge is 0.305 e. The highest BCUT2D eigenvalue weighted by molar-refractivity contribution is 5.75. The molecule has 8 heteroatoms. The van der Waals surface area contributed by atoms with E-state index in [1.54, 1.807) is 11.8 Å². The van der Waals surface area contributed by atoms with Gasteiger partial charge in [-0.15, -0.1) is 0 Å². The molecule has 0 aromatic carbocycles. The minimum Gasteiger partial charge on any atom is -0.481 e. The molecule has 28 heavy (non-hydrogen) atoms. The molecule has 0 aliphatic carbocycles. The van der Waals surface area contributed by atoms with Gasteiger partial charge in [0.15, 0.2) is 0 Å². The maximum absolute atomic E-state index is 11.9. The van der Waals surface area contributed by atoms with E-state index in [1.165, 1.54) is 32.1 Å². The van der Waals surface area contributed by atoms with Gasteiger partial charge < -0.3 is 20.3 Å². The van der Waals surface area contributed by atoms with Crippen LogP contribution in [-0.4, -0.2) is 65.4 Å². The summed E-state index contributed by atoms with van der Waals surface area (Å²) in [4.78, 5) is 35.1. The van der Waals surface area contributed by atoms with Crippen LogP contribution in [0.1, 0.15) is 78.1 Å². The Kier molecular flexibility index (Phi) is 16.4. The van der Waals surface area contributed by atoms with Crippen molar-refractivity contribution in [3.05, 3.63) is 0 Å². The van der Waals surface area contributed by atoms with Gasteiger partial charge in [-0.1, -0.05) is 45.4 Å². The van der Waals surface area contributed by atoms with Crippen LogP contribution in [0.2, 0.25) is 0 Å². The molecule has 0 saturated heterocycles. The van der Waals surface area contributed by atoms with Gasteiger partial charge in [-0.2, -0.15) is 0 Å². The number of hydrogen-bond acceptors (Lipinski definition) is 5. The first kappa shape index (κ1) is 26.3. The Morgan fingerprint density at radius 3 is 2.11 bits per heavy atom. The van der Waals surface area contributed by atoms with E-state index < -0.39 is 18.2 Å². The molecule has 1 atom stereocenters. The molecule has 0 radical (unpaired) electrons. The number of rotatable bonds is 19. The van der Waals surface area contributed by atoms with Crippen molar-refractivity contribution in [2.24, 2.45) is 0 Å². The molecule has 0 aromatic rings. The van der Waals surface area contributed by atoms with Crippen LogP contribution < -0.4 is 5.32 Å². The van der Waals surface area contributed by atoms with Crippen LogP contribution in [0.3, 0.4) is 0 Å². The van der Waals surface area contributed by atoms with E-state index in [4.69, 9.17) is 14.9 Å². The molecule has 8 nitrogen and oxygen atoms in total. The zero-order chi connectivity index (χ0) is 21.2. The second-order valence-electron chi connectivity index (χ2n) is 7.01. The second-order valence-corrected chi connectivity index (χ2v) is 7.01. The average molecular weight is 403 g/mol. The van der Waals surface area contributed by atoms with E-state index in [0.29, 0.717) is 19.5 Å². The number of ether oxygens (including phenoxy) is 1. The standard InChI is InChI=1S/C20H38N2O6/c1-3-4-5-6-7-8-9-10-18(23)21-13-15-22(14-11-19(24)25)17(2)28-16-12-20(26)27/h17H,3-16H2,1-2H3,(H,21,23)(H,24,25)(H,26,27). The zero-order valence-electron chi connectivity index (χ0n) is 17.5. The molecule has 0 heterocycles. The highest BCUT2D eigenvalue weighted by atomic mass is 16.5. The van der Waals surface area contributed by atoms with Crippen molar-refractivity contribution in [1.29, 1.82) is 0 Å². The summed E-state index contributed by atoms with van der Waals surface area (Å²) < 4.78 is 5.46. The summed E-state index contributed by atoms with van der Waals surface area (Å²) in [5, 5.41) is 20.4. The fourth-order valence-corrected chi connectivity index (χ4v) is 2.81. The summed E-state index contributed by atoms with van der Waals surface area (Å²) in [5.41, 5.74) is 0. The van der Waals surface area contributed by atoms with Crippen LogP contribution in [0.15, 0.2) is 0 Å². The van der Waals surface area contributed by atoms with E-state index >= 15 is 0 Å². The summed E-state index contributed by atoms with van der Waals surface area (Å²) in [5.74, 6) is -1.85. The van der Waals surface area contributed by atoms with Gasteiger partial charge in [0.05, 0.1) is 19.4 Å². The number of nitrogens with one attached hydrogen (secondary N) is 1. The number of carbonyl (C=O) groups is 3. The van der Waals surface area contributed by atoms with Gasteiger partial charge >= 0.3 is 11.9 Å². The third kappa shape index (κ3) is 16.5. The van der Waals surface area contributed by atoms with Crippen molar-refractivity contribution < 1.29 is 29.3 Å². The van der Waals surface area contributed by atoms with Crippen LogP contribution in [-0.2, 0) is 19.1 Å². The molecule has 164 valence electrons. The zero-order valence-corrected chi connectivity index (χ0v) is 17.5. The van der Waals surface area contributed by atoms with Gasteiger partial charge in [0.2, 0.25) is 5.91 Å². The topological polar surface area (TPSA) is 116 Å². The fraction of sp³-hybridized carbons (Fsp3) is 0.850. The Hall–Kier alpha value is -1.67. The summed E-state index contributed by atoms with van der Waals surface area (Å²) >= 11 is 0. The summed E-state index contributed by atoms with van der Waals surface area (Å²) in [6, 6.07) is 0. The highest BCUT2D eigenvalue weighted by Crippen LogP contribution is 2.08. The SMILES string of the molecule is CCCCCCCCCC(=O)NCCN(CCC(=O)O)C(C)OCCC(=O)O. The van der Waals surface area contributed by atoms with Gasteiger partial charge in [-0.05, 0) is 13.3 Å². The molecule has 1 amide bonds. The Morgan fingerprint density at radius 2 is 1.50 bits per heavy atom. The van der Waals surface area contributed by atoms with E-state index in [9.17, 15) is 14.4 Å². The number of unbranched alkanes of at least 4 members (excludes halogenated alkanes) is 6. The number of aliphatic carboxylic acids is 2. The summed E-state index contributed by atoms with van der Waals surface area (Å²) in [6.07, 6.45) is 8.06. The van der Waals surface area contributed by atoms with Gasteiger partial charge in [-0.25, -0.2) is 0 Å². The molecular weight excluding hydrogens is 364 g/mol. The number of amides is 1. The van der Waals surface area contributed by atoms with Crippen molar-refractivity contribution in [3.8, 4) is 0 Å². The highest BCUT2D eigenvalue weighted by Gasteiger charge is 2.16. The lowest BCUT2D eigenvalue weighted by Crippen LogP contribution is -2.42. The summed E-state index contributed by atoms with van der Waals surface area (Å²) in [6.45, 7) is 5.13. The Morgan fingerprint density at radius 1 is 0.893 bits per heavy atom. The molecule has 0 aliphatic heterocycles. The fourth-order valence-electron chi connectivity index (χ4n) is 2.81. The molecule has 0 aliphatic rings. The lowest BCUT2D eigenvalue weighted by molar-refractivity contribution is -0.140. The van der Waals surface area contributed by atoms with Crippen LogP contribution >= 0.6 is 0 Å². The van der Waals surface area contributed by atoms with Crippen LogP contribution in [0.5, 0.6) is 0 Å². The number of carbonyl (C=O) groups excluding carboxylic acids is 1. The van der Waals surface area contributed by atoms with E-state index in [-0.39, 0.29) is 31.9 Å². The number of nitrogens with zero attached hydrogens (tertiary/aromatic N) is 1. The van der Waals surface area contributed by atoms with Gasteiger partial charge in [0.1, 0.15) is 6.23 Å². The first-order valence-electron chi connectivity index (χ1n) is 10.4. The maximum Gasteiger partial charge on any atom is 0.305 e. The molecule has 0 bridgehead atoms. The van der Waals surface area contributed by atoms with E-state index in [2.05, 4.69) is 12.2 Å². The second kappa shape index (κ2) is 17.4. The van der Waals surface area contributed by atoms with Gasteiger partial charge in [0, 0.05) is 26.1 Å². The van der Waals surface area contributed by atoms with Crippen molar-refractivity contribution >= 4 is 17.8 Å². The quantitative estimate of drug-likeness (QED) is 0.225. The third-order valence-electron chi connectivity index (χ3n) is 4.53. The predicted octanol–water partition coefficient (Wildman–Crippen LogP) is 2.86. The van der Waals surface area contributed by atoms with Crippen molar-refractivity contribution in [3.63, 3.8) is 0 Å². The largest absolute Gasteiger partial charge is 0.481 e. The lowest BCUT2D eigenvalue weighted by Gasteiger charge is -2.28. The predicted molar refractivity (Wildman–Crippen MR) is 107 cm³/mol. The van der Waals surface area contributed by atoms with Crippen LogP contribution in [0, 0.1) is 0 Å². The summed E-state index contributed by atoms with van der Waals surface area (Å²) in [7, 11) is 0. The number of hydrogen-bond donors (Lipinski definition) is 3. The molecule has 0 fully saturated rings. The monoisotopic (exact) mass is 402 g/mol. The minimum atomic E-state index is -0.943. The van der Waals surface area contributed by atoms with Crippen molar-refractivity contribution in [2.75, 3.05) is 26.2 Å². The Balaban J connectivity index is 4.04. The van der Waals surface area contributed by atoms with E-state index in [0.717, 1.165) is 12.8 Å². The number of carboxylic acids is 2. The van der Waals surface area contributed by atoms with Gasteiger partial charge in [0.25, 0.3) is 0 Å².